The summed E-state index contributed by atoms with van der Waals surface area (Å²) in [5.74, 6) is -5.51. The predicted octanol–water partition coefficient (Wildman–Crippen LogP) is 6.38. The summed E-state index contributed by atoms with van der Waals surface area (Å²) in [5.41, 5.74) is 0. The molecule has 3 atom stereocenters. The molecule has 0 saturated carbocycles. The Hall–Kier alpha value is -3.71. The molecule has 0 aromatic heterocycles. The van der Waals surface area contributed by atoms with Gasteiger partial charge in [-0.2, -0.15) is 0 Å². The first-order valence-electron chi connectivity index (χ1n) is 20.7. The third kappa shape index (κ3) is 29.7. The van der Waals surface area contributed by atoms with Gasteiger partial charge in [0, 0.05) is 32.2 Å². The van der Waals surface area contributed by atoms with Crippen LogP contribution in [0, 0.1) is 0 Å². The first-order valence-corrected chi connectivity index (χ1v) is 20.7. The highest BCUT2D eigenvalue weighted by Crippen LogP contribution is 2.12. The second-order valence-corrected chi connectivity index (χ2v) is 14.5. The van der Waals surface area contributed by atoms with Crippen LogP contribution >= 0.6 is 0 Å². The summed E-state index contributed by atoms with van der Waals surface area (Å²) in [6, 6.07) is -3.51. The lowest BCUT2D eigenvalue weighted by Gasteiger charge is -2.18. The van der Waals surface area contributed by atoms with E-state index in [1.165, 1.54) is 64.2 Å². The summed E-state index contributed by atoms with van der Waals surface area (Å²) in [4.78, 5) is 84.7. The van der Waals surface area contributed by atoms with E-state index in [0.29, 0.717) is 25.7 Å². The van der Waals surface area contributed by atoms with Crippen molar-refractivity contribution in [2.75, 3.05) is 6.54 Å². The largest absolute Gasteiger partial charge is 0.481 e. The summed E-state index contributed by atoms with van der Waals surface area (Å²) in [6.07, 6.45) is 20.0. The van der Waals surface area contributed by atoms with Crippen LogP contribution in [0.25, 0.3) is 0 Å². The fourth-order valence-electron chi connectivity index (χ4n) is 6.13. The fourth-order valence-corrected chi connectivity index (χ4v) is 6.13. The molecular weight excluding hydrogens is 696 g/mol. The minimum Gasteiger partial charge on any atom is -0.481 e. The van der Waals surface area contributed by atoms with Gasteiger partial charge in [-0.25, -0.2) is 9.59 Å². The van der Waals surface area contributed by atoms with Crippen LogP contribution in [0.15, 0.2) is 0 Å². The molecule has 0 heterocycles. The van der Waals surface area contributed by atoms with E-state index in [-0.39, 0.29) is 57.4 Å². The molecule has 14 heteroatoms. The Labute approximate surface area is 323 Å². The molecule has 0 spiro atoms. The summed E-state index contributed by atoms with van der Waals surface area (Å²) in [7, 11) is 0. The van der Waals surface area contributed by atoms with E-state index >= 15 is 0 Å². The lowest BCUT2D eigenvalue weighted by Crippen LogP contribution is -2.47. The predicted molar refractivity (Wildman–Crippen MR) is 208 cm³/mol. The highest BCUT2D eigenvalue weighted by atomic mass is 16.4. The quantitative estimate of drug-likeness (QED) is 0.0345. The van der Waals surface area contributed by atoms with Gasteiger partial charge in [0.1, 0.15) is 18.1 Å². The van der Waals surface area contributed by atoms with Crippen molar-refractivity contribution in [3.05, 3.63) is 0 Å². The first-order chi connectivity index (χ1) is 25.9. The van der Waals surface area contributed by atoms with Crippen LogP contribution in [0.1, 0.15) is 187 Å². The molecule has 312 valence electrons. The van der Waals surface area contributed by atoms with Gasteiger partial charge in [0.15, 0.2) is 0 Å². The minimum absolute atomic E-state index is 0.0483. The van der Waals surface area contributed by atoms with Gasteiger partial charge in [-0.1, -0.05) is 117 Å². The van der Waals surface area contributed by atoms with Crippen LogP contribution in [-0.4, -0.2) is 81.5 Å². The zero-order valence-electron chi connectivity index (χ0n) is 33.2. The molecule has 0 bridgehead atoms. The lowest BCUT2D eigenvalue weighted by atomic mass is 10.1. The smallest absolute Gasteiger partial charge is 0.326 e. The van der Waals surface area contributed by atoms with Crippen LogP contribution in [-0.2, 0) is 33.6 Å². The summed E-state index contributed by atoms with van der Waals surface area (Å²) >= 11 is 0. The number of rotatable bonds is 37. The number of carboxylic acids is 3. The molecule has 0 aliphatic rings. The maximum absolute atomic E-state index is 12.8. The van der Waals surface area contributed by atoms with E-state index in [1.807, 2.05) is 0 Å². The Kier molecular flexibility index (Phi) is 31.5. The number of hydrogen-bond donors (Lipinski definition) is 7. The Bertz CT molecular complexity index is 1090. The Morgan fingerprint density at radius 1 is 0.407 bits per heavy atom. The Morgan fingerprint density at radius 3 is 1.20 bits per heavy atom. The number of unbranched alkanes of at least 4 members (excludes halogenated alkanes) is 17. The number of hydrogen-bond acceptors (Lipinski definition) is 7. The highest BCUT2D eigenvalue weighted by molar-refractivity contribution is 5.88. The van der Waals surface area contributed by atoms with E-state index in [9.17, 15) is 43.8 Å². The molecule has 0 aromatic carbocycles. The molecule has 0 rings (SSSR count). The summed E-state index contributed by atoms with van der Waals surface area (Å²) in [5, 5.41) is 38.5. The molecule has 0 aromatic rings. The van der Waals surface area contributed by atoms with Crippen LogP contribution in [0.4, 0.5) is 0 Å². The van der Waals surface area contributed by atoms with E-state index in [4.69, 9.17) is 5.11 Å². The first kappa shape index (κ1) is 50.3. The molecule has 4 amide bonds. The normalized spacial score (nSPS) is 12.6. The molecule has 0 fully saturated rings. The van der Waals surface area contributed by atoms with E-state index in [0.717, 1.165) is 38.5 Å². The van der Waals surface area contributed by atoms with E-state index in [1.54, 1.807) is 0 Å². The van der Waals surface area contributed by atoms with E-state index < -0.39 is 53.8 Å². The fraction of sp³-hybridized carbons (Fsp3) is 0.825. The molecule has 7 N–H and O–H groups in total. The van der Waals surface area contributed by atoms with Crippen molar-refractivity contribution >= 4 is 41.5 Å². The molecule has 14 nitrogen and oxygen atoms in total. The van der Waals surface area contributed by atoms with Crippen molar-refractivity contribution < 1.29 is 48.9 Å². The summed E-state index contributed by atoms with van der Waals surface area (Å²) < 4.78 is 0. The number of carbonyl (C=O) groups is 7. The Morgan fingerprint density at radius 2 is 0.778 bits per heavy atom. The second-order valence-electron chi connectivity index (χ2n) is 14.5. The number of amides is 4. The van der Waals surface area contributed by atoms with Gasteiger partial charge in [0.2, 0.25) is 23.6 Å². The van der Waals surface area contributed by atoms with Crippen molar-refractivity contribution in [2.45, 2.75) is 205 Å². The third-order valence-corrected chi connectivity index (χ3v) is 9.46. The molecule has 0 saturated heterocycles. The van der Waals surface area contributed by atoms with Crippen LogP contribution in [0.5, 0.6) is 0 Å². The molecular formula is C40H72N4O10. The van der Waals surface area contributed by atoms with Crippen molar-refractivity contribution in [2.24, 2.45) is 0 Å². The number of carbonyl (C=O) groups excluding carboxylic acids is 4. The summed E-state index contributed by atoms with van der Waals surface area (Å²) in [6.45, 7) is 4.51. The van der Waals surface area contributed by atoms with Gasteiger partial charge in [0.05, 0.1) is 0 Å². The zero-order chi connectivity index (χ0) is 40.4. The van der Waals surface area contributed by atoms with Gasteiger partial charge in [-0.3, -0.25) is 24.0 Å². The maximum atomic E-state index is 12.8. The number of aliphatic carboxylic acids is 3. The average molecular weight is 769 g/mol. The molecule has 0 aliphatic heterocycles. The van der Waals surface area contributed by atoms with Gasteiger partial charge >= 0.3 is 17.9 Å². The van der Waals surface area contributed by atoms with Crippen LogP contribution < -0.4 is 21.3 Å². The van der Waals surface area contributed by atoms with Crippen LogP contribution in [0.3, 0.4) is 0 Å². The second kappa shape index (κ2) is 33.8. The monoisotopic (exact) mass is 769 g/mol. The van der Waals surface area contributed by atoms with Gasteiger partial charge in [-0.05, 0) is 44.9 Å². The van der Waals surface area contributed by atoms with Crippen molar-refractivity contribution in [3.8, 4) is 0 Å². The highest BCUT2D eigenvalue weighted by Gasteiger charge is 2.24. The number of carboxylic acid groups (broad SMARTS) is 3. The lowest BCUT2D eigenvalue weighted by molar-refractivity contribution is -0.143. The molecule has 3 unspecified atom stereocenters. The van der Waals surface area contributed by atoms with Gasteiger partial charge in [0.25, 0.3) is 0 Å². The van der Waals surface area contributed by atoms with Crippen molar-refractivity contribution in [3.63, 3.8) is 0 Å². The van der Waals surface area contributed by atoms with E-state index in [2.05, 4.69) is 35.1 Å². The standard InChI is InChI=1S/C40H72N4O10/c1-3-5-7-9-11-13-15-17-19-24-34(45)42-31(27-29-37(48)49)38(50)41-30-22-21-23-32(39(51)52)43-36(47)28-26-33(40(53)54)44-35(46)25-20-18-16-14-12-10-8-6-4-2/h31-33H,3-30H2,1-2H3,(H,41,50)(H,42,45)(H,43,47)(H,44,46)(H,48,49)(H,51,52)(H,53,54). The molecule has 0 aliphatic carbocycles. The van der Waals surface area contributed by atoms with Crippen LogP contribution in [0.2, 0.25) is 0 Å². The molecule has 54 heavy (non-hydrogen) atoms. The zero-order valence-corrected chi connectivity index (χ0v) is 33.2. The topological polar surface area (TPSA) is 228 Å². The van der Waals surface area contributed by atoms with Gasteiger partial charge < -0.3 is 36.6 Å². The number of nitrogens with one attached hydrogen (secondary N) is 4. The molecule has 0 radical (unpaired) electrons. The minimum atomic E-state index is -1.27. The maximum Gasteiger partial charge on any atom is 0.326 e. The third-order valence-electron chi connectivity index (χ3n) is 9.46. The SMILES string of the molecule is CCCCCCCCCCCC(=O)NC(CCC(=O)NC(CCCCNC(=O)C(CCC(=O)O)NC(=O)CCCCCCCCCCC)C(=O)O)C(=O)O. The van der Waals surface area contributed by atoms with Crippen molar-refractivity contribution in [1.29, 1.82) is 0 Å². The van der Waals surface area contributed by atoms with Crippen molar-refractivity contribution in [1.82, 2.24) is 21.3 Å². The average Bonchev–Trinajstić information content (AvgIpc) is 3.12. The van der Waals surface area contributed by atoms with Gasteiger partial charge in [-0.15, -0.1) is 0 Å². The Balaban J connectivity index is 4.53.